The molecule has 0 radical (unpaired) electrons. The maximum Gasteiger partial charge on any atom is 0.214 e. The summed E-state index contributed by atoms with van der Waals surface area (Å²) in [6.07, 6.45) is 0. The van der Waals surface area contributed by atoms with Crippen LogP contribution in [0.15, 0.2) is 53.7 Å². The first-order valence-electron chi connectivity index (χ1n) is 7.09. The van der Waals surface area contributed by atoms with Gasteiger partial charge in [0.2, 0.25) is 5.16 Å². The monoisotopic (exact) mass is 346 g/mol. The van der Waals surface area contributed by atoms with Crippen molar-refractivity contribution in [3.8, 4) is 11.4 Å². The molecule has 3 rings (SSSR count). The van der Waals surface area contributed by atoms with Gasteiger partial charge in [-0.3, -0.25) is 0 Å². The molecule has 0 fully saturated rings. The summed E-state index contributed by atoms with van der Waals surface area (Å²) in [6.45, 7) is 2.57. The number of aromatic nitrogens is 4. The van der Waals surface area contributed by atoms with Crippen molar-refractivity contribution < 1.29 is 4.74 Å². The summed E-state index contributed by atoms with van der Waals surface area (Å²) >= 11 is 7.59. The normalized spacial score (nSPS) is 10.7. The number of para-hydroxylation sites is 1. The second kappa shape index (κ2) is 7.48. The third-order valence-corrected chi connectivity index (χ3v) is 4.32. The van der Waals surface area contributed by atoms with Crippen LogP contribution in [0.4, 0.5) is 0 Å². The lowest BCUT2D eigenvalue weighted by molar-refractivity contribution is 0.344. The van der Waals surface area contributed by atoms with Crippen LogP contribution in [-0.2, 0) is 0 Å². The van der Waals surface area contributed by atoms with Crippen LogP contribution < -0.4 is 4.74 Å². The third-order valence-electron chi connectivity index (χ3n) is 3.13. The Morgan fingerprint density at radius 3 is 2.70 bits per heavy atom. The van der Waals surface area contributed by atoms with Gasteiger partial charge in [-0.1, -0.05) is 53.2 Å². The van der Waals surface area contributed by atoms with Gasteiger partial charge in [-0.2, -0.15) is 4.68 Å². The van der Waals surface area contributed by atoms with Crippen molar-refractivity contribution in [3.05, 3.63) is 59.1 Å². The minimum atomic E-state index is 0.523. The molecule has 23 heavy (non-hydrogen) atoms. The van der Waals surface area contributed by atoms with Crippen molar-refractivity contribution in [2.45, 2.75) is 12.1 Å². The molecule has 0 unspecified atom stereocenters. The Morgan fingerprint density at radius 2 is 1.91 bits per heavy atom. The van der Waals surface area contributed by atoms with Crippen molar-refractivity contribution in [3.63, 3.8) is 0 Å². The fraction of sp³-hybridized carbons (Fsp3) is 0.188. The molecule has 3 aromatic rings. The molecule has 0 bridgehead atoms. The predicted octanol–water partition coefficient (Wildman–Crippen LogP) is 3.80. The van der Waals surface area contributed by atoms with E-state index in [0.29, 0.717) is 17.4 Å². The first-order chi connectivity index (χ1) is 11.2. The Balaban J connectivity index is 1.58. The molecular formula is C16H15ClN4OS. The summed E-state index contributed by atoms with van der Waals surface area (Å²) in [4.78, 5) is 0. The molecule has 7 heteroatoms. The summed E-state index contributed by atoms with van der Waals surface area (Å²) in [5, 5.41) is 13.2. The summed E-state index contributed by atoms with van der Waals surface area (Å²) in [5.41, 5.74) is 2.14. The smallest absolute Gasteiger partial charge is 0.214 e. The molecule has 5 nitrogen and oxygen atoms in total. The van der Waals surface area contributed by atoms with Gasteiger partial charge in [-0.05, 0) is 41.6 Å². The number of hydrogen-bond donors (Lipinski definition) is 0. The standard InChI is InChI=1S/C16H15ClN4OS/c1-12-6-8-13(9-7-12)21-16(18-19-20-21)23-11-10-22-15-5-3-2-4-14(15)17/h2-9H,10-11H2,1H3. The summed E-state index contributed by atoms with van der Waals surface area (Å²) in [7, 11) is 0. The highest BCUT2D eigenvalue weighted by Crippen LogP contribution is 2.24. The zero-order chi connectivity index (χ0) is 16.1. The summed E-state index contributed by atoms with van der Waals surface area (Å²) in [5.74, 6) is 1.41. The van der Waals surface area contributed by atoms with Gasteiger partial charge in [0.25, 0.3) is 0 Å². The van der Waals surface area contributed by atoms with Gasteiger partial charge < -0.3 is 4.74 Å². The highest BCUT2D eigenvalue weighted by Gasteiger charge is 2.09. The number of nitrogens with zero attached hydrogens (tertiary/aromatic N) is 4. The van der Waals surface area contributed by atoms with Crippen LogP contribution >= 0.6 is 23.4 Å². The van der Waals surface area contributed by atoms with Gasteiger partial charge >= 0.3 is 0 Å². The minimum Gasteiger partial charge on any atom is -0.491 e. The largest absolute Gasteiger partial charge is 0.491 e. The van der Waals surface area contributed by atoms with Crippen molar-refractivity contribution in [1.29, 1.82) is 0 Å². The lowest BCUT2D eigenvalue weighted by Crippen LogP contribution is -2.03. The average molecular weight is 347 g/mol. The highest BCUT2D eigenvalue weighted by atomic mass is 35.5. The Kier molecular flexibility index (Phi) is 5.15. The molecular weight excluding hydrogens is 332 g/mol. The summed E-state index contributed by atoms with van der Waals surface area (Å²) < 4.78 is 7.39. The first-order valence-corrected chi connectivity index (χ1v) is 8.46. The molecule has 0 aliphatic carbocycles. The number of rotatable bonds is 6. The molecule has 0 aliphatic heterocycles. The van der Waals surface area contributed by atoms with Crippen molar-refractivity contribution in [2.75, 3.05) is 12.4 Å². The maximum atomic E-state index is 6.05. The lowest BCUT2D eigenvalue weighted by Gasteiger charge is -2.07. The topological polar surface area (TPSA) is 52.8 Å². The van der Waals surface area contributed by atoms with Crippen LogP contribution in [0, 0.1) is 6.92 Å². The average Bonchev–Trinajstić information content (AvgIpc) is 3.02. The zero-order valence-corrected chi connectivity index (χ0v) is 14.1. The number of tetrazole rings is 1. The van der Waals surface area contributed by atoms with E-state index in [1.54, 1.807) is 4.68 Å². The van der Waals surface area contributed by atoms with E-state index in [-0.39, 0.29) is 0 Å². The zero-order valence-electron chi connectivity index (χ0n) is 12.5. The lowest BCUT2D eigenvalue weighted by atomic mass is 10.2. The number of aryl methyl sites for hydroxylation is 1. The SMILES string of the molecule is Cc1ccc(-n2nnnc2SCCOc2ccccc2Cl)cc1. The first kappa shape index (κ1) is 15.8. The maximum absolute atomic E-state index is 6.05. The van der Waals surface area contributed by atoms with E-state index in [2.05, 4.69) is 15.5 Å². The van der Waals surface area contributed by atoms with E-state index < -0.39 is 0 Å². The Morgan fingerprint density at radius 1 is 1.13 bits per heavy atom. The number of benzene rings is 2. The molecule has 0 saturated heterocycles. The molecule has 1 heterocycles. The van der Waals surface area contributed by atoms with E-state index in [9.17, 15) is 0 Å². The molecule has 0 atom stereocenters. The van der Waals surface area contributed by atoms with Crippen LogP contribution in [0.2, 0.25) is 5.02 Å². The quantitative estimate of drug-likeness (QED) is 0.502. The van der Waals surface area contributed by atoms with Crippen molar-refractivity contribution >= 4 is 23.4 Å². The van der Waals surface area contributed by atoms with E-state index in [1.807, 2.05) is 55.5 Å². The van der Waals surface area contributed by atoms with E-state index >= 15 is 0 Å². The second-order valence-corrected chi connectivity index (χ2v) is 6.31. The number of thioether (sulfide) groups is 1. The van der Waals surface area contributed by atoms with Gasteiger partial charge in [0, 0.05) is 5.75 Å². The highest BCUT2D eigenvalue weighted by molar-refractivity contribution is 7.99. The molecule has 118 valence electrons. The Labute approximate surface area is 143 Å². The van der Waals surface area contributed by atoms with Gasteiger partial charge in [0.05, 0.1) is 17.3 Å². The number of ether oxygens (including phenoxy) is 1. The Bertz CT molecular complexity index is 776. The van der Waals surface area contributed by atoms with Crippen LogP contribution in [-0.4, -0.2) is 32.6 Å². The van der Waals surface area contributed by atoms with E-state index in [0.717, 1.165) is 16.6 Å². The number of hydrogen-bond acceptors (Lipinski definition) is 5. The summed E-state index contributed by atoms with van der Waals surface area (Å²) in [6, 6.07) is 15.5. The molecule has 2 aromatic carbocycles. The fourth-order valence-electron chi connectivity index (χ4n) is 1.96. The fourth-order valence-corrected chi connectivity index (χ4v) is 2.86. The molecule has 0 aliphatic rings. The van der Waals surface area contributed by atoms with Gasteiger partial charge in [-0.15, -0.1) is 5.10 Å². The number of halogens is 1. The third kappa shape index (κ3) is 4.03. The van der Waals surface area contributed by atoms with Gasteiger partial charge in [0.1, 0.15) is 5.75 Å². The molecule has 0 N–H and O–H groups in total. The van der Waals surface area contributed by atoms with E-state index in [1.165, 1.54) is 17.3 Å². The molecule has 0 spiro atoms. The second-order valence-electron chi connectivity index (χ2n) is 4.84. The van der Waals surface area contributed by atoms with Gasteiger partial charge in [0.15, 0.2) is 0 Å². The van der Waals surface area contributed by atoms with Crippen LogP contribution in [0.25, 0.3) is 5.69 Å². The van der Waals surface area contributed by atoms with E-state index in [4.69, 9.17) is 16.3 Å². The van der Waals surface area contributed by atoms with Crippen molar-refractivity contribution in [2.24, 2.45) is 0 Å². The molecule has 1 aromatic heterocycles. The molecule has 0 saturated carbocycles. The van der Waals surface area contributed by atoms with Crippen LogP contribution in [0.1, 0.15) is 5.56 Å². The Hall–Kier alpha value is -2.05. The van der Waals surface area contributed by atoms with Crippen LogP contribution in [0.5, 0.6) is 5.75 Å². The predicted molar refractivity (Wildman–Crippen MR) is 91.6 cm³/mol. The molecule has 0 amide bonds. The van der Waals surface area contributed by atoms with Crippen molar-refractivity contribution in [1.82, 2.24) is 20.2 Å². The van der Waals surface area contributed by atoms with Gasteiger partial charge in [-0.25, -0.2) is 0 Å². The minimum absolute atomic E-state index is 0.523. The van der Waals surface area contributed by atoms with Crippen LogP contribution in [0.3, 0.4) is 0 Å².